The Bertz CT molecular complexity index is 980. The molecule has 0 rings (SSSR count). The van der Waals surface area contributed by atoms with Gasteiger partial charge in [-0.3, -0.25) is 0 Å². The number of carboxylic acid groups (broad SMARTS) is 1. The molecule has 0 aliphatic rings. The SMILES string of the molecule is C[N+](C)(CCCNS(=O)(=O)CCCCC(CCCCC(F)(C(F)(F)F)C(F)(F)F)CC(F)(C(F)(F)F)C(F)(F)F)CC(=O)O. The summed E-state index contributed by atoms with van der Waals surface area (Å²) in [5, 5.41) is 8.83. The zero-order valence-corrected chi connectivity index (χ0v) is 24.4. The third kappa shape index (κ3) is 13.0. The summed E-state index contributed by atoms with van der Waals surface area (Å²) in [6.45, 7) is -0.148. The number of halogens is 14. The van der Waals surface area contributed by atoms with Gasteiger partial charge in [-0.05, 0) is 25.2 Å². The molecule has 0 radical (unpaired) electrons. The van der Waals surface area contributed by atoms with Crippen molar-refractivity contribution in [1.82, 2.24) is 4.72 Å². The van der Waals surface area contributed by atoms with Gasteiger partial charge in [0.1, 0.15) is 0 Å². The number of unbranched alkanes of at least 4 members (excludes halogenated alkanes) is 2. The average Bonchev–Trinajstić information content (AvgIpc) is 2.78. The van der Waals surface area contributed by atoms with Crippen LogP contribution in [0.25, 0.3) is 0 Å². The lowest BCUT2D eigenvalue weighted by Gasteiger charge is -2.33. The van der Waals surface area contributed by atoms with Crippen molar-refractivity contribution in [2.75, 3.05) is 39.5 Å². The first-order valence-corrected chi connectivity index (χ1v) is 14.7. The van der Waals surface area contributed by atoms with Crippen LogP contribution in [0.2, 0.25) is 0 Å². The van der Waals surface area contributed by atoms with Gasteiger partial charge < -0.3 is 9.59 Å². The molecule has 0 aliphatic carbocycles. The van der Waals surface area contributed by atoms with Crippen molar-refractivity contribution in [2.45, 2.75) is 93.8 Å². The summed E-state index contributed by atoms with van der Waals surface area (Å²) in [5.41, 5.74) is -11.5. The number of hydrogen-bond acceptors (Lipinski definition) is 3. The fourth-order valence-corrected chi connectivity index (χ4v) is 5.55. The summed E-state index contributed by atoms with van der Waals surface area (Å²) in [6.07, 6.45) is -34.8. The van der Waals surface area contributed by atoms with E-state index < -0.39 is 109 Å². The number of hydrogen-bond donors (Lipinski definition) is 2. The highest BCUT2D eigenvalue weighted by Gasteiger charge is 2.73. The van der Waals surface area contributed by atoms with Gasteiger partial charge in [0.15, 0.2) is 6.54 Å². The van der Waals surface area contributed by atoms with Crippen LogP contribution in [0.3, 0.4) is 0 Å². The van der Waals surface area contributed by atoms with Crippen molar-refractivity contribution in [3.05, 3.63) is 0 Å². The second-order valence-corrected chi connectivity index (χ2v) is 13.1. The molecule has 264 valence electrons. The molecule has 6 nitrogen and oxygen atoms in total. The minimum atomic E-state index is -6.49. The largest absolute Gasteiger partial charge is 0.477 e. The molecule has 0 aliphatic heterocycles. The maximum Gasteiger partial charge on any atom is 0.431 e. The fraction of sp³-hybridized carbons (Fsp3) is 0.957. The topological polar surface area (TPSA) is 83.5 Å². The number of carboxylic acids is 1. The Hall–Kier alpha value is -1.64. The molecule has 0 aromatic rings. The average molecular weight is 702 g/mol. The Morgan fingerprint density at radius 2 is 1.14 bits per heavy atom. The number of carbonyl (C=O) groups is 1. The van der Waals surface area contributed by atoms with Crippen LogP contribution >= 0.6 is 0 Å². The van der Waals surface area contributed by atoms with Gasteiger partial charge in [0.05, 0.1) is 26.4 Å². The number of nitrogens with one attached hydrogen (secondary N) is 1. The second-order valence-electron chi connectivity index (χ2n) is 11.2. The molecule has 0 amide bonds. The highest BCUT2D eigenvalue weighted by Crippen LogP contribution is 2.52. The van der Waals surface area contributed by atoms with E-state index in [1.54, 1.807) is 14.1 Å². The molecule has 0 saturated carbocycles. The number of likely N-dealkylation sites (N-methyl/N-ethyl adjacent to an activating group) is 1. The summed E-state index contributed by atoms with van der Waals surface area (Å²) in [6, 6.07) is 0. The minimum absolute atomic E-state index is 0.0170. The van der Waals surface area contributed by atoms with Gasteiger partial charge in [0.25, 0.3) is 11.3 Å². The molecule has 0 fully saturated rings. The van der Waals surface area contributed by atoms with Crippen LogP contribution < -0.4 is 4.72 Å². The molecule has 0 spiro atoms. The van der Waals surface area contributed by atoms with Crippen LogP contribution in [0, 0.1) is 5.92 Å². The first-order chi connectivity index (χ1) is 19.4. The lowest BCUT2D eigenvalue weighted by atomic mass is 9.83. The second kappa shape index (κ2) is 15.3. The van der Waals surface area contributed by atoms with Crippen molar-refractivity contribution in [3.63, 3.8) is 0 Å². The highest BCUT2D eigenvalue weighted by molar-refractivity contribution is 7.89. The molecular weight excluding hydrogens is 666 g/mol. The van der Waals surface area contributed by atoms with Crippen LogP contribution in [0.4, 0.5) is 61.5 Å². The highest BCUT2D eigenvalue weighted by atomic mass is 32.2. The van der Waals surface area contributed by atoms with Gasteiger partial charge in [0, 0.05) is 19.4 Å². The van der Waals surface area contributed by atoms with Gasteiger partial charge in [0.2, 0.25) is 10.0 Å². The zero-order chi connectivity index (χ0) is 35.1. The van der Waals surface area contributed by atoms with Crippen LogP contribution in [-0.2, 0) is 14.8 Å². The van der Waals surface area contributed by atoms with Gasteiger partial charge >= 0.3 is 30.7 Å². The lowest BCUT2D eigenvalue weighted by molar-refractivity contribution is -0.883. The molecule has 0 bridgehead atoms. The summed E-state index contributed by atoms with van der Waals surface area (Å²) in [5.74, 6) is -3.71. The molecular formula is C23H35F14N2O4S+. The lowest BCUT2D eigenvalue weighted by Crippen LogP contribution is -2.54. The van der Waals surface area contributed by atoms with Crippen molar-refractivity contribution < 1.29 is 84.3 Å². The summed E-state index contributed by atoms with van der Waals surface area (Å²) >= 11 is 0. The standard InChI is InChI=1S/C23H34F14N2O4S/c1-39(2,15-17(40)41)12-7-11-38-44(42,43)13-6-4-9-16(14-19(25,22(32,33)34)23(35,36)37)8-3-5-10-18(24,20(26,27)28)21(29,30)31/h16,38H,3-15H2,1-2H3/p+1. The number of rotatable bonds is 19. The van der Waals surface area contributed by atoms with Crippen molar-refractivity contribution >= 4 is 16.0 Å². The minimum Gasteiger partial charge on any atom is -0.477 e. The summed E-state index contributed by atoms with van der Waals surface area (Å²) in [4.78, 5) is 10.8. The van der Waals surface area contributed by atoms with E-state index in [1.165, 1.54) is 0 Å². The van der Waals surface area contributed by atoms with Crippen LogP contribution in [0.5, 0.6) is 0 Å². The zero-order valence-electron chi connectivity index (χ0n) is 23.6. The number of sulfonamides is 1. The predicted octanol–water partition coefficient (Wildman–Crippen LogP) is 6.86. The third-order valence-corrected chi connectivity index (χ3v) is 8.32. The molecule has 0 aromatic heterocycles. The maximum atomic E-state index is 14.3. The fourth-order valence-electron chi connectivity index (χ4n) is 4.36. The van der Waals surface area contributed by atoms with E-state index in [4.69, 9.17) is 5.11 Å². The van der Waals surface area contributed by atoms with Crippen LogP contribution in [0.1, 0.15) is 57.8 Å². The summed E-state index contributed by atoms with van der Waals surface area (Å²) < 4.78 is 209. The third-order valence-electron chi connectivity index (χ3n) is 6.85. The first kappa shape index (κ1) is 42.4. The molecule has 44 heavy (non-hydrogen) atoms. The van der Waals surface area contributed by atoms with Crippen LogP contribution in [0.15, 0.2) is 0 Å². The van der Waals surface area contributed by atoms with E-state index in [9.17, 15) is 74.7 Å². The monoisotopic (exact) mass is 701 g/mol. The van der Waals surface area contributed by atoms with Crippen molar-refractivity contribution in [1.29, 1.82) is 0 Å². The van der Waals surface area contributed by atoms with E-state index in [2.05, 4.69) is 4.72 Å². The van der Waals surface area contributed by atoms with Gasteiger partial charge in [-0.2, -0.15) is 52.7 Å². The Kier molecular flexibility index (Phi) is 14.7. The van der Waals surface area contributed by atoms with E-state index in [1.807, 2.05) is 0 Å². The van der Waals surface area contributed by atoms with Gasteiger partial charge in [-0.15, -0.1) is 0 Å². The van der Waals surface area contributed by atoms with Gasteiger partial charge in [-0.25, -0.2) is 26.7 Å². The Labute approximate surface area is 244 Å². The normalized spacial score (nSPS) is 15.5. The van der Waals surface area contributed by atoms with Gasteiger partial charge in [-0.1, -0.05) is 25.7 Å². The Morgan fingerprint density at radius 1 is 0.705 bits per heavy atom. The van der Waals surface area contributed by atoms with E-state index >= 15 is 0 Å². The first-order valence-electron chi connectivity index (χ1n) is 13.1. The summed E-state index contributed by atoms with van der Waals surface area (Å²) in [7, 11) is -0.884. The number of alkyl halides is 14. The maximum absolute atomic E-state index is 14.3. The van der Waals surface area contributed by atoms with Crippen molar-refractivity contribution in [2.24, 2.45) is 5.92 Å². The van der Waals surface area contributed by atoms with Crippen molar-refractivity contribution in [3.8, 4) is 0 Å². The molecule has 0 aromatic carbocycles. The smallest absolute Gasteiger partial charge is 0.431 e. The Morgan fingerprint density at radius 3 is 1.55 bits per heavy atom. The number of aliphatic carboxylic acids is 1. The van der Waals surface area contributed by atoms with E-state index in [0.717, 1.165) is 0 Å². The quantitative estimate of drug-likeness (QED) is 0.0877. The molecule has 2 N–H and O–H groups in total. The molecule has 1 atom stereocenters. The van der Waals surface area contributed by atoms with E-state index in [0.29, 0.717) is 0 Å². The molecule has 0 saturated heterocycles. The number of nitrogens with zero attached hydrogens (tertiary/aromatic N) is 1. The number of quaternary nitrogens is 1. The molecule has 21 heteroatoms. The molecule has 1 unspecified atom stereocenters. The predicted molar refractivity (Wildman–Crippen MR) is 128 cm³/mol. The molecule has 0 heterocycles. The Balaban J connectivity index is 5.38. The van der Waals surface area contributed by atoms with Crippen LogP contribution in [-0.4, -0.2) is 99.5 Å². The van der Waals surface area contributed by atoms with E-state index in [-0.39, 0.29) is 37.0 Å².